The molecule has 0 amide bonds. The van der Waals surface area contributed by atoms with E-state index in [9.17, 15) is 5.26 Å². The van der Waals surface area contributed by atoms with Crippen LogP contribution in [0.4, 0.5) is 0 Å². The molecule has 2 unspecified atom stereocenters. The first-order valence-corrected chi connectivity index (χ1v) is 19.8. The van der Waals surface area contributed by atoms with Crippen LogP contribution in [0.5, 0.6) is 0 Å². The summed E-state index contributed by atoms with van der Waals surface area (Å²) in [5.41, 5.74) is 17.8. The highest BCUT2D eigenvalue weighted by molar-refractivity contribution is 6.12. The number of allylic oxidation sites excluding steroid dienone is 4. The van der Waals surface area contributed by atoms with Crippen LogP contribution in [0.2, 0.25) is 0 Å². The summed E-state index contributed by atoms with van der Waals surface area (Å²) >= 11 is 0. The molecule has 0 aliphatic heterocycles. The average molecular weight is 735 g/mol. The van der Waals surface area contributed by atoms with E-state index in [0.29, 0.717) is 17.4 Å². The Morgan fingerprint density at radius 2 is 1.18 bits per heavy atom. The monoisotopic (exact) mass is 734 g/mol. The van der Waals surface area contributed by atoms with Gasteiger partial charge in [-0.25, -0.2) is 0 Å². The Hall–Kier alpha value is -6.96. The number of aromatic nitrogens is 3. The molecule has 10 rings (SSSR count). The number of hydrogen-bond acceptors (Lipinski definition) is 2. The van der Waals surface area contributed by atoms with Gasteiger partial charge in [-0.05, 0) is 127 Å². The fourth-order valence-corrected chi connectivity index (χ4v) is 9.25. The van der Waals surface area contributed by atoms with Gasteiger partial charge in [0.25, 0.3) is 0 Å². The van der Waals surface area contributed by atoms with Gasteiger partial charge in [0.1, 0.15) is 0 Å². The Kier molecular flexibility index (Phi) is 8.09. The number of benzene rings is 6. The normalized spacial score (nSPS) is 15.6. The predicted octanol–water partition coefficient (Wildman–Crippen LogP) is 13.7. The summed E-state index contributed by atoms with van der Waals surface area (Å²) in [5, 5.41) is 15.1. The lowest BCUT2D eigenvalue weighted by Gasteiger charge is -2.23. The van der Waals surface area contributed by atoms with Crippen LogP contribution in [-0.4, -0.2) is 14.1 Å². The van der Waals surface area contributed by atoms with E-state index < -0.39 is 0 Å². The first-order chi connectivity index (χ1) is 27.8. The van der Waals surface area contributed by atoms with Crippen LogP contribution in [0.3, 0.4) is 0 Å². The Balaban J connectivity index is 1.21. The summed E-state index contributed by atoms with van der Waals surface area (Å²) in [4.78, 5) is 4.73. The first-order valence-electron chi connectivity index (χ1n) is 19.8. The molecular formula is C53H42N4. The van der Waals surface area contributed by atoms with Gasteiger partial charge in [0.05, 0.1) is 51.3 Å². The number of fused-ring (bicyclic) bond motifs is 6. The lowest BCUT2D eigenvalue weighted by Crippen LogP contribution is -2.09. The smallest absolute Gasteiger partial charge is 0.0991 e. The Morgan fingerprint density at radius 3 is 1.88 bits per heavy atom. The number of pyridine rings is 1. The maximum atomic E-state index is 10.3. The van der Waals surface area contributed by atoms with Crippen LogP contribution >= 0.6 is 0 Å². The molecule has 2 atom stereocenters. The molecule has 1 aliphatic carbocycles. The summed E-state index contributed by atoms with van der Waals surface area (Å²) in [6.07, 6.45) is 8.67. The Labute approximate surface area is 333 Å². The van der Waals surface area contributed by atoms with E-state index in [1.807, 2.05) is 24.5 Å². The third-order valence-corrected chi connectivity index (χ3v) is 12.2. The minimum absolute atomic E-state index is 0.478. The number of rotatable bonds is 5. The third-order valence-electron chi connectivity index (χ3n) is 12.2. The van der Waals surface area contributed by atoms with Crippen molar-refractivity contribution in [1.82, 2.24) is 14.1 Å². The molecule has 0 fully saturated rings. The van der Waals surface area contributed by atoms with E-state index in [0.717, 1.165) is 44.6 Å². The number of aryl methyl sites for hydroxylation is 2. The molecule has 3 aromatic heterocycles. The highest BCUT2D eigenvalue weighted by atomic mass is 15.0. The second kappa shape index (κ2) is 13.4. The maximum Gasteiger partial charge on any atom is 0.0991 e. The van der Waals surface area contributed by atoms with Gasteiger partial charge < -0.3 is 9.13 Å². The molecule has 0 spiro atoms. The van der Waals surface area contributed by atoms with Gasteiger partial charge in [0.2, 0.25) is 0 Å². The number of nitriles is 1. The van der Waals surface area contributed by atoms with Crippen LogP contribution < -0.4 is 0 Å². The van der Waals surface area contributed by atoms with Crippen LogP contribution in [-0.2, 0) is 0 Å². The predicted molar refractivity (Wildman–Crippen MR) is 238 cm³/mol. The summed E-state index contributed by atoms with van der Waals surface area (Å²) in [7, 11) is 0. The zero-order valence-electron chi connectivity index (χ0n) is 32.9. The third kappa shape index (κ3) is 5.53. The lowest BCUT2D eigenvalue weighted by molar-refractivity contribution is 0.551. The van der Waals surface area contributed by atoms with E-state index in [-0.39, 0.29) is 0 Å². The minimum atomic E-state index is 0.478. The standard InChI is InChI=1S/C53H42N4/c1-32-14-18-40(35(4)24-32)38-16-20-51-46(28-38)41-10-6-8-12-48(41)56(51)50-19-15-37(30-54)27-45(50)43-22-23-55-31-53(43)57-49-13-9-7-11-42(49)47-29-39(17-21-52(47)57)44-26-34(3)33(2)25-36(44)5/h6-29,31,33-34H,1-5H3. The van der Waals surface area contributed by atoms with Crippen molar-refractivity contribution in [1.29, 1.82) is 5.26 Å². The average Bonchev–Trinajstić information content (AvgIpc) is 3.74. The fourth-order valence-electron chi connectivity index (χ4n) is 9.25. The molecule has 3 heterocycles. The first kappa shape index (κ1) is 34.5. The zero-order valence-corrected chi connectivity index (χ0v) is 32.9. The topological polar surface area (TPSA) is 46.5 Å². The van der Waals surface area contributed by atoms with Gasteiger partial charge in [-0.3, -0.25) is 4.98 Å². The SMILES string of the molecule is CC1=CC(C)C(C)C=C1c1ccc2c(c1)c1ccccc1n2-c1cnccc1-c1cc(C#N)ccc1-n1c2ccccc2c2cc(-c3ccc(C)cc3C)ccc21. The Bertz CT molecular complexity index is 3210. The molecule has 274 valence electrons. The quantitative estimate of drug-likeness (QED) is 0.177. The van der Waals surface area contributed by atoms with Gasteiger partial charge in [-0.1, -0.05) is 98.3 Å². The van der Waals surface area contributed by atoms with Crippen molar-refractivity contribution in [2.75, 3.05) is 0 Å². The highest BCUT2D eigenvalue weighted by Gasteiger charge is 2.23. The molecule has 57 heavy (non-hydrogen) atoms. The van der Waals surface area contributed by atoms with Gasteiger partial charge in [-0.15, -0.1) is 0 Å². The molecule has 0 saturated heterocycles. The molecule has 0 radical (unpaired) electrons. The fraction of sp³-hybridized carbons (Fsp3) is 0.132. The van der Waals surface area contributed by atoms with Crippen molar-refractivity contribution < 1.29 is 0 Å². The van der Waals surface area contributed by atoms with E-state index in [4.69, 9.17) is 4.98 Å². The van der Waals surface area contributed by atoms with Gasteiger partial charge in [0.15, 0.2) is 0 Å². The molecule has 9 aromatic rings. The van der Waals surface area contributed by atoms with Gasteiger partial charge >= 0.3 is 0 Å². The molecule has 6 aromatic carbocycles. The maximum absolute atomic E-state index is 10.3. The van der Waals surface area contributed by atoms with E-state index in [1.54, 1.807) is 0 Å². The van der Waals surface area contributed by atoms with Crippen molar-refractivity contribution >= 4 is 49.2 Å². The highest BCUT2D eigenvalue weighted by Crippen LogP contribution is 2.43. The van der Waals surface area contributed by atoms with Gasteiger partial charge in [0, 0.05) is 38.9 Å². The van der Waals surface area contributed by atoms with E-state index in [1.165, 1.54) is 60.5 Å². The molecular weight excluding hydrogens is 693 g/mol. The number of para-hydroxylation sites is 2. The largest absolute Gasteiger partial charge is 0.309 e. The molecule has 4 nitrogen and oxygen atoms in total. The summed E-state index contributed by atoms with van der Waals surface area (Å²) in [5.74, 6) is 1.00. The molecule has 0 bridgehead atoms. The van der Waals surface area contributed by atoms with Crippen molar-refractivity contribution in [3.05, 3.63) is 180 Å². The van der Waals surface area contributed by atoms with Gasteiger partial charge in [-0.2, -0.15) is 5.26 Å². The molecule has 0 saturated carbocycles. The second-order valence-corrected chi connectivity index (χ2v) is 15.9. The minimum Gasteiger partial charge on any atom is -0.309 e. The second-order valence-electron chi connectivity index (χ2n) is 15.9. The van der Waals surface area contributed by atoms with Crippen molar-refractivity contribution in [2.45, 2.75) is 34.6 Å². The van der Waals surface area contributed by atoms with Crippen molar-refractivity contribution in [2.24, 2.45) is 11.8 Å². The van der Waals surface area contributed by atoms with Crippen LogP contribution in [0, 0.1) is 37.0 Å². The van der Waals surface area contributed by atoms with Crippen molar-refractivity contribution in [3.63, 3.8) is 0 Å². The van der Waals surface area contributed by atoms with Crippen LogP contribution in [0.15, 0.2) is 158 Å². The summed E-state index contributed by atoms with van der Waals surface area (Å²) < 4.78 is 4.72. The zero-order chi connectivity index (χ0) is 38.9. The molecule has 4 heteroatoms. The van der Waals surface area contributed by atoms with Crippen molar-refractivity contribution in [3.8, 4) is 39.7 Å². The van der Waals surface area contributed by atoms with Crippen LogP contribution in [0.25, 0.3) is 82.8 Å². The number of nitrogens with zero attached hydrogens (tertiary/aromatic N) is 4. The van der Waals surface area contributed by atoms with E-state index in [2.05, 4.69) is 177 Å². The number of hydrogen-bond donors (Lipinski definition) is 0. The van der Waals surface area contributed by atoms with Crippen LogP contribution in [0.1, 0.15) is 43.0 Å². The Morgan fingerprint density at radius 1 is 0.544 bits per heavy atom. The van der Waals surface area contributed by atoms with E-state index >= 15 is 0 Å². The lowest BCUT2D eigenvalue weighted by atomic mass is 9.82. The molecule has 0 N–H and O–H groups in total. The molecule has 1 aliphatic rings. The summed E-state index contributed by atoms with van der Waals surface area (Å²) in [6, 6.07) is 48.3. The summed E-state index contributed by atoms with van der Waals surface area (Å²) in [6.45, 7) is 11.2.